The van der Waals surface area contributed by atoms with Crippen LogP contribution in [-0.4, -0.2) is 18.1 Å². The molecule has 12 heteroatoms. The van der Waals surface area contributed by atoms with Crippen LogP contribution in [0.5, 0.6) is 5.75 Å². The number of anilines is 3. The fourth-order valence-corrected chi connectivity index (χ4v) is 3.06. The summed E-state index contributed by atoms with van der Waals surface area (Å²) in [6.45, 7) is 0. The molecule has 0 saturated heterocycles. The highest BCUT2D eigenvalue weighted by Crippen LogP contribution is 2.47. The van der Waals surface area contributed by atoms with Gasteiger partial charge in [-0.15, -0.1) is 0 Å². The second-order valence-corrected chi connectivity index (χ2v) is 5.82. The number of aliphatic imine (C=N–C) groups is 1. The number of guanidine groups is 1. The number of nitrogens with two attached hydrogens (primary N) is 2. The first-order valence-electron chi connectivity index (χ1n) is 7.95. The molecular weight excluding hydrogens is 389 g/mol. The van der Waals surface area contributed by atoms with E-state index in [-0.39, 0.29) is 40.0 Å². The van der Waals surface area contributed by atoms with Crippen molar-refractivity contribution in [2.45, 2.75) is 12.2 Å². The number of ether oxygens (including phenoxy) is 1. The van der Waals surface area contributed by atoms with Crippen molar-refractivity contribution >= 4 is 23.3 Å². The first-order chi connectivity index (χ1) is 13.7. The zero-order valence-corrected chi connectivity index (χ0v) is 14.8. The van der Waals surface area contributed by atoms with Crippen molar-refractivity contribution in [3.05, 3.63) is 40.5 Å². The number of nitriles is 2. The van der Waals surface area contributed by atoms with Crippen LogP contribution in [0.4, 0.5) is 30.5 Å². The van der Waals surface area contributed by atoms with E-state index >= 15 is 0 Å². The molecule has 0 spiro atoms. The van der Waals surface area contributed by atoms with Gasteiger partial charge in [0.05, 0.1) is 12.8 Å². The van der Waals surface area contributed by atoms with Crippen molar-refractivity contribution in [2.75, 3.05) is 23.9 Å². The normalized spacial score (nSPS) is 15.2. The summed E-state index contributed by atoms with van der Waals surface area (Å²) in [4.78, 5) is 8.15. The zero-order chi connectivity index (χ0) is 21.3. The number of nitrogens with zero attached hydrogens (tertiary/aromatic N) is 4. The third-order valence-corrected chi connectivity index (χ3v) is 4.21. The van der Waals surface area contributed by atoms with Gasteiger partial charge in [-0.1, -0.05) is 12.1 Å². The van der Waals surface area contributed by atoms with E-state index in [2.05, 4.69) is 20.6 Å². The largest absolute Gasteiger partial charge is 0.496 e. The standard InChI is InChI=1S/C17H13F3N8O/c1-29-9-4-2-3-7(11(9)17(18,19)20)13-10-12(23)8(5-21)14(24)27-15(10)28-16(26-13)25-6-22/h2-4,13H,1H3,(H6,23,24,25,26,27,28). The molecule has 1 atom stereocenters. The maximum absolute atomic E-state index is 13.9. The highest BCUT2D eigenvalue weighted by Gasteiger charge is 2.41. The average Bonchev–Trinajstić information content (AvgIpc) is 2.66. The Kier molecular flexibility index (Phi) is 4.78. The van der Waals surface area contributed by atoms with Gasteiger partial charge >= 0.3 is 6.18 Å². The van der Waals surface area contributed by atoms with Gasteiger partial charge in [-0.25, -0.2) is 9.98 Å². The number of nitrogen functional groups attached to an aromatic ring is 2. The van der Waals surface area contributed by atoms with E-state index in [1.54, 1.807) is 12.3 Å². The maximum atomic E-state index is 13.9. The molecule has 1 aliphatic heterocycles. The minimum absolute atomic E-state index is 0.0207. The molecule has 6 N–H and O–H groups in total. The SMILES string of the molecule is COc1cccc(C2N=C(NC#N)Nc3nc(N)c(C#N)c(N)c32)c1C(F)(F)F. The summed E-state index contributed by atoms with van der Waals surface area (Å²) in [5.41, 5.74) is 10.1. The average molecular weight is 402 g/mol. The number of nitrogens with one attached hydrogen (secondary N) is 2. The maximum Gasteiger partial charge on any atom is 0.420 e. The molecule has 0 bridgehead atoms. The Morgan fingerprint density at radius 1 is 1.28 bits per heavy atom. The molecule has 0 radical (unpaired) electrons. The number of aromatic nitrogens is 1. The zero-order valence-electron chi connectivity index (χ0n) is 14.8. The molecule has 29 heavy (non-hydrogen) atoms. The van der Waals surface area contributed by atoms with Crippen molar-refractivity contribution in [2.24, 2.45) is 4.99 Å². The fourth-order valence-electron chi connectivity index (χ4n) is 3.06. The predicted molar refractivity (Wildman–Crippen MR) is 97.4 cm³/mol. The minimum atomic E-state index is -4.78. The second kappa shape index (κ2) is 7.09. The van der Waals surface area contributed by atoms with Crippen LogP contribution >= 0.6 is 0 Å². The molecule has 0 fully saturated rings. The van der Waals surface area contributed by atoms with Gasteiger partial charge in [0.25, 0.3) is 0 Å². The molecular formula is C17H13F3N8O. The van der Waals surface area contributed by atoms with E-state index < -0.39 is 23.5 Å². The summed E-state index contributed by atoms with van der Waals surface area (Å²) >= 11 is 0. The highest BCUT2D eigenvalue weighted by atomic mass is 19.4. The van der Waals surface area contributed by atoms with Crippen molar-refractivity contribution in [3.63, 3.8) is 0 Å². The third kappa shape index (κ3) is 3.27. The molecule has 1 aliphatic rings. The van der Waals surface area contributed by atoms with Crippen LogP contribution in [0.1, 0.15) is 28.3 Å². The monoisotopic (exact) mass is 402 g/mol. The number of alkyl halides is 3. The van der Waals surface area contributed by atoms with Crippen LogP contribution in [0.2, 0.25) is 0 Å². The van der Waals surface area contributed by atoms with Crippen molar-refractivity contribution in [1.82, 2.24) is 10.3 Å². The number of hydrogen-bond donors (Lipinski definition) is 4. The number of pyridine rings is 1. The number of benzene rings is 1. The van der Waals surface area contributed by atoms with Crippen molar-refractivity contribution < 1.29 is 17.9 Å². The van der Waals surface area contributed by atoms with Gasteiger partial charge < -0.3 is 21.5 Å². The lowest BCUT2D eigenvalue weighted by Crippen LogP contribution is -2.33. The third-order valence-electron chi connectivity index (χ3n) is 4.21. The smallest absolute Gasteiger partial charge is 0.420 e. The van der Waals surface area contributed by atoms with Crippen LogP contribution in [0, 0.1) is 22.8 Å². The molecule has 0 aliphatic carbocycles. The van der Waals surface area contributed by atoms with Gasteiger partial charge in [-0.05, 0) is 11.6 Å². The molecule has 0 saturated carbocycles. The molecule has 2 aromatic rings. The summed E-state index contributed by atoms with van der Waals surface area (Å²) in [6.07, 6.45) is -3.15. The molecule has 1 unspecified atom stereocenters. The van der Waals surface area contributed by atoms with E-state index in [4.69, 9.17) is 21.5 Å². The molecule has 9 nitrogen and oxygen atoms in total. The Morgan fingerprint density at radius 2 is 2.00 bits per heavy atom. The van der Waals surface area contributed by atoms with Crippen LogP contribution in [-0.2, 0) is 6.18 Å². The Morgan fingerprint density at radius 3 is 2.59 bits per heavy atom. The van der Waals surface area contributed by atoms with E-state index in [0.717, 1.165) is 13.2 Å². The molecule has 1 aromatic carbocycles. The number of rotatable bonds is 2. The van der Waals surface area contributed by atoms with Gasteiger partial charge in [-0.3, -0.25) is 5.32 Å². The van der Waals surface area contributed by atoms with E-state index in [1.807, 2.05) is 0 Å². The molecule has 1 aromatic heterocycles. The minimum Gasteiger partial charge on any atom is -0.496 e. The van der Waals surface area contributed by atoms with Crippen LogP contribution < -0.4 is 26.8 Å². The Hall–Kier alpha value is -4.19. The summed E-state index contributed by atoms with van der Waals surface area (Å²) in [5, 5.41) is 23.0. The molecule has 148 valence electrons. The Balaban J connectivity index is 2.37. The molecule has 0 amide bonds. The van der Waals surface area contributed by atoms with Gasteiger partial charge in [0.1, 0.15) is 40.6 Å². The van der Waals surface area contributed by atoms with Crippen LogP contribution in [0.3, 0.4) is 0 Å². The van der Waals surface area contributed by atoms with Gasteiger partial charge in [0, 0.05) is 5.56 Å². The summed E-state index contributed by atoms with van der Waals surface area (Å²) < 4.78 is 46.4. The number of fused-ring (bicyclic) bond motifs is 1. The summed E-state index contributed by atoms with van der Waals surface area (Å²) in [7, 11) is 1.11. The first-order valence-corrected chi connectivity index (χ1v) is 7.95. The second-order valence-electron chi connectivity index (χ2n) is 5.82. The summed E-state index contributed by atoms with van der Waals surface area (Å²) in [5.74, 6) is -0.804. The van der Waals surface area contributed by atoms with E-state index in [0.29, 0.717) is 0 Å². The van der Waals surface area contributed by atoms with Gasteiger partial charge in [0.2, 0.25) is 5.96 Å². The Labute approximate surface area is 162 Å². The van der Waals surface area contributed by atoms with Crippen molar-refractivity contribution in [3.8, 4) is 18.0 Å². The van der Waals surface area contributed by atoms with Gasteiger partial charge in [0.15, 0.2) is 6.19 Å². The topological polar surface area (TPSA) is 158 Å². The predicted octanol–water partition coefficient (Wildman–Crippen LogP) is 2.09. The lowest BCUT2D eigenvalue weighted by Gasteiger charge is -2.28. The van der Waals surface area contributed by atoms with Crippen LogP contribution in [0.15, 0.2) is 23.2 Å². The highest BCUT2D eigenvalue weighted by molar-refractivity contribution is 5.98. The number of halogens is 3. The summed E-state index contributed by atoms with van der Waals surface area (Å²) in [6, 6.07) is 4.19. The Bertz CT molecular complexity index is 1100. The quantitative estimate of drug-likeness (QED) is 0.439. The van der Waals surface area contributed by atoms with E-state index in [9.17, 15) is 18.4 Å². The van der Waals surface area contributed by atoms with Gasteiger partial charge in [-0.2, -0.15) is 23.7 Å². The lowest BCUT2D eigenvalue weighted by molar-refractivity contribution is -0.139. The molecule has 2 heterocycles. The lowest BCUT2D eigenvalue weighted by atomic mass is 9.91. The molecule has 3 rings (SSSR count). The number of methoxy groups -OCH3 is 1. The first kappa shape index (κ1) is 19.6. The van der Waals surface area contributed by atoms with E-state index in [1.165, 1.54) is 12.1 Å². The fraction of sp³-hybridized carbons (Fsp3) is 0.176. The number of hydrogen-bond acceptors (Lipinski definition) is 9. The van der Waals surface area contributed by atoms with Crippen LogP contribution in [0.25, 0.3) is 0 Å². The van der Waals surface area contributed by atoms with Crippen molar-refractivity contribution in [1.29, 1.82) is 10.5 Å².